The minimum atomic E-state index is -0.794. The molecule has 92 valence electrons. The van der Waals surface area contributed by atoms with E-state index in [1.165, 1.54) is 6.92 Å². The monoisotopic (exact) mass is 235 g/mol. The number of Topliss-reactive ketones (excluding diaryl/α,β-unsaturated/α-hetero) is 1. The lowest BCUT2D eigenvalue weighted by Gasteiger charge is -2.24. The average molecular weight is 235 g/mol. The summed E-state index contributed by atoms with van der Waals surface area (Å²) in [6.45, 7) is 5.07. The van der Waals surface area contributed by atoms with Crippen LogP contribution in [0.5, 0.6) is 0 Å². The van der Waals surface area contributed by atoms with E-state index in [0.29, 0.717) is 12.0 Å². The van der Waals surface area contributed by atoms with Gasteiger partial charge in [-0.2, -0.15) is 0 Å². The molecule has 0 aliphatic rings. The third-order valence-corrected chi connectivity index (χ3v) is 2.34. The molecule has 0 bridgehead atoms. The number of hydrogen-bond acceptors (Lipinski definition) is 3. The van der Waals surface area contributed by atoms with Crippen LogP contribution in [-0.2, 0) is 11.2 Å². The minimum absolute atomic E-state index is 0.0143. The fourth-order valence-corrected chi connectivity index (χ4v) is 1.70. The van der Waals surface area contributed by atoms with Crippen LogP contribution in [0.15, 0.2) is 24.3 Å². The van der Waals surface area contributed by atoms with Gasteiger partial charge in [-0.05, 0) is 32.4 Å². The van der Waals surface area contributed by atoms with E-state index in [0.717, 1.165) is 5.56 Å². The zero-order chi connectivity index (χ0) is 13.1. The van der Waals surface area contributed by atoms with Crippen molar-refractivity contribution in [3.8, 4) is 0 Å². The number of benzene rings is 1. The summed E-state index contributed by atoms with van der Waals surface area (Å²) >= 11 is 0. The highest BCUT2D eigenvalue weighted by Crippen LogP contribution is 2.18. The number of primary amides is 1. The van der Waals surface area contributed by atoms with Crippen molar-refractivity contribution in [3.05, 3.63) is 35.4 Å². The van der Waals surface area contributed by atoms with E-state index in [-0.39, 0.29) is 5.78 Å². The summed E-state index contributed by atoms with van der Waals surface area (Å²) in [6.07, 6.45) is -0.283. The number of carbonyl (C=O) groups is 2. The highest BCUT2D eigenvalue weighted by Gasteiger charge is 2.22. The number of hydrogen-bond donors (Lipinski definition) is 1. The van der Waals surface area contributed by atoms with E-state index in [4.69, 9.17) is 10.5 Å². The molecule has 1 amide bonds. The molecular formula is C13H17NO3. The van der Waals surface area contributed by atoms with Crippen LogP contribution in [-0.4, -0.2) is 17.5 Å². The van der Waals surface area contributed by atoms with Gasteiger partial charge < -0.3 is 10.5 Å². The van der Waals surface area contributed by atoms with Crippen molar-refractivity contribution in [1.29, 1.82) is 0 Å². The van der Waals surface area contributed by atoms with Crippen LogP contribution in [0.4, 0.5) is 4.79 Å². The van der Waals surface area contributed by atoms with Gasteiger partial charge in [-0.15, -0.1) is 0 Å². The maximum absolute atomic E-state index is 11.2. The van der Waals surface area contributed by atoms with Gasteiger partial charge in [0, 0.05) is 12.0 Å². The Balaban J connectivity index is 2.84. The van der Waals surface area contributed by atoms with Crippen LogP contribution in [0, 0.1) is 0 Å². The lowest BCUT2D eigenvalue weighted by molar-refractivity contribution is 0.0460. The summed E-state index contributed by atoms with van der Waals surface area (Å²) in [4.78, 5) is 22.0. The number of nitrogens with two attached hydrogens (primary N) is 1. The van der Waals surface area contributed by atoms with E-state index >= 15 is 0 Å². The van der Waals surface area contributed by atoms with Gasteiger partial charge in [-0.25, -0.2) is 4.79 Å². The minimum Gasteiger partial charge on any atom is -0.443 e. The second-order valence-corrected chi connectivity index (χ2v) is 4.61. The first-order valence-corrected chi connectivity index (χ1v) is 5.38. The normalized spacial score (nSPS) is 11.0. The largest absolute Gasteiger partial charge is 0.443 e. The van der Waals surface area contributed by atoms with Crippen molar-refractivity contribution < 1.29 is 14.3 Å². The molecular weight excluding hydrogens is 218 g/mol. The fourth-order valence-electron chi connectivity index (χ4n) is 1.70. The van der Waals surface area contributed by atoms with Crippen LogP contribution in [0.3, 0.4) is 0 Å². The molecule has 0 heterocycles. The van der Waals surface area contributed by atoms with E-state index in [1.807, 2.05) is 12.1 Å². The smallest absolute Gasteiger partial charge is 0.405 e. The Kier molecular flexibility index (Phi) is 3.89. The lowest BCUT2D eigenvalue weighted by Crippen LogP contribution is -2.33. The molecule has 0 saturated carbocycles. The predicted octanol–water partition coefficient (Wildman–Crippen LogP) is 2.31. The molecule has 4 nitrogen and oxygen atoms in total. The summed E-state index contributed by atoms with van der Waals surface area (Å²) in [7, 11) is 0. The summed E-state index contributed by atoms with van der Waals surface area (Å²) < 4.78 is 5.00. The van der Waals surface area contributed by atoms with Gasteiger partial charge in [0.25, 0.3) is 0 Å². The summed E-state index contributed by atoms with van der Waals surface area (Å²) in [5.74, 6) is 0.0143. The number of carbonyl (C=O) groups excluding carboxylic acids is 2. The molecule has 0 saturated heterocycles. The Labute approximate surface area is 101 Å². The molecule has 0 unspecified atom stereocenters. The third-order valence-electron chi connectivity index (χ3n) is 2.34. The van der Waals surface area contributed by atoms with E-state index in [1.54, 1.807) is 26.0 Å². The zero-order valence-corrected chi connectivity index (χ0v) is 10.3. The van der Waals surface area contributed by atoms with Crippen LogP contribution in [0.2, 0.25) is 0 Å². The van der Waals surface area contributed by atoms with Crippen molar-refractivity contribution in [2.45, 2.75) is 32.8 Å². The van der Waals surface area contributed by atoms with Gasteiger partial charge in [-0.1, -0.05) is 18.2 Å². The van der Waals surface area contributed by atoms with Crippen molar-refractivity contribution in [3.63, 3.8) is 0 Å². The van der Waals surface area contributed by atoms with Crippen molar-refractivity contribution >= 4 is 11.9 Å². The van der Waals surface area contributed by atoms with Crippen molar-refractivity contribution in [1.82, 2.24) is 0 Å². The lowest BCUT2D eigenvalue weighted by atomic mass is 9.96. The van der Waals surface area contributed by atoms with Gasteiger partial charge in [0.1, 0.15) is 5.60 Å². The molecule has 1 rings (SSSR count). The zero-order valence-electron chi connectivity index (χ0n) is 10.3. The molecule has 0 spiro atoms. The molecule has 0 radical (unpaired) electrons. The molecule has 0 aromatic heterocycles. The highest BCUT2D eigenvalue weighted by atomic mass is 16.6. The van der Waals surface area contributed by atoms with Gasteiger partial charge in [-0.3, -0.25) is 4.79 Å². The number of ketones is 1. The third kappa shape index (κ3) is 4.26. The first-order valence-electron chi connectivity index (χ1n) is 5.38. The Morgan fingerprint density at radius 2 is 2.00 bits per heavy atom. The molecule has 1 aromatic carbocycles. The van der Waals surface area contributed by atoms with Crippen LogP contribution in [0.1, 0.15) is 36.7 Å². The van der Waals surface area contributed by atoms with Gasteiger partial charge >= 0.3 is 6.09 Å². The number of rotatable bonds is 4. The molecule has 4 heteroatoms. The molecule has 17 heavy (non-hydrogen) atoms. The number of amides is 1. The quantitative estimate of drug-likeness (QED) is 0.814. The molecule has 1 aromatic rings. The van der Waals surface area contributed by atoms with Crippen molar-refractivity contribution in [2.24, 2.45) is 5.73 Å². The van der Waals surface area contributed by atoms with Gasteiger partial charge in [0.2, 0.25) is 0 Å². The summed E-state index contributed by atoms with van der Waals surface area (Å²) in [5, 5.41) is 0. The Morgan fingerprint density at radius 1 is 1.35 bits per heavy atom. The van der Waals surface area contributed by atoms with E-state index in [2.05, 4.69) is 0 Å². The predicted molar refractivity (Wildman–Crippen MR) is 64.9 cm³/mol. The molecule has 0 atom stereocenters. The van der Waals surface area contributed by atoms with Gasteiger partial charge in [0.05, 0.1) is 0 Å². The van der Waals surface area contributed by atoms with E-state index in [9.17, 15) is 9.59 Å². The second kappa shape index (κ2) is 4.99. The first kappa shape index (κ1) is 13.2. The molecule has 0 fully saturated rings. The van der Waals surface area contributed by atoms with E-state index < -0.39 is 11.7 Å². The SMILES string of the molecule is CC(=O)c1cccc(CC(C)(C)OC(N)=O)c1. The topological polar surface area (TPSA) is 69.4 Å². The first-order chi connectivity index (χ1) is 7.80. The highest BCUT2D eigenvalue weighted by molar-refractivity contribution is 5.94. The Hall–Kier alpha value is -1.84. The van der Waals surface area contributed by atoms with Crippen LogP contribution >= 0.6 is 0 Å². The summed E-state index contributed by atoms with van der Waals surface area (Å²) in [5.41, 5.74) is 5.90. The average Bonchev–Trinajstić information content (AvgIpc) is 2.14. The maximum Gasteiger partial charge on any atom is 0.405 e. The Morgan fingerprint density at radius 3 is 2.53 bits per heavy atom. The fraction of sp³-hybridized carbons (Fsp3) is 0.385. The molecule has 0 aliphatic carbocycles. The number of ether oxygens (including phenoxy) is 1. The molecule has 0 aliphatic heterocycles. The maximum atomic E-state index is 11.2. The van der Waals surface area contributed by atoms with Crippen molar-refractivity contribution in [2.75, 3.05) is 0 Å². The molecule has 2 N–H and O–H groups in total. The Bertz CT molecular complexity index is 438. The van der Waals surface area contributed by atoms with Crippen LogP contribution in [0.25, 0.3) is 0 Å². The van der Waals surface area contributed by atoms with Crippen LogP contribution < -0.4 is 5.73 Å². The standard InChI is InChI=1S/C13H17NO3/c1-9(15)11-6-4-5-10(7-11)8-13(2,3)17-12(14)16/h4-7H,8H2,1-3H3,(H2,14,16). The second-order valence-electron chi connectivity index (χ2n) is 4.61. The van der Waals surface area contributed by atoms with Gasteiger partial charge in [0.15, 0.2) is 5.78 Å². The summed E-state index contributed by atoms with van der Waals surface area (Å²) in [6, 6.07) is 7.26.